The molecule has 0 aliphatic carbocycles. The van der Waals surface area contributed by atoms with Crippen LogP contribution in [0.15, 0.2) is 72.1 Å². The maximum absolute atomic E-state index is 12.7. The second-order valence-electron chi connectivity index (χ2n) is 7.99. The van der Waals surface area contributed by atoms with Crippen molar-refractivity contribution < 1.29 is 28.5 Å². The molecule has 2 N–H and O–H groups in total. The largest absolute Gasteiger partial charge is 0.497 e. The molecular formula is C28H26N2O6. The van der Waals surface area contributed by atoms with Crippen LogP contribution in [0.4, 0.5) is 0 Å². The minimum absolute atomic E-state index is 0.0287. The first kappa shape index (κ1) is 24.5. The number of fused-ring (bicyclic) bond motifs is 1. The molecule has 3 aromatic rings. The van der Waals surface area contributed by atoms with Crippen LogP contribution in [-0.2, 0) is 0 Å². The Kier molecular flexibility index (Phi) is 7.31. The average Bonchev–Trinajstić information content (AvgIpc) is 2.90. The minimum Gasteiger partial charge on any atom is -0.497 e. The van der Waals surface area contributed by atoms with E-state index >= 15 is 0 Å². The van der Waals surface area contributed by atoms with Crippen molar-refractivity contribution in [2.45, 2.75) is 19.3 Å². The molecule has 0 fully saturated rings. The molecule has 0 saturated heterocycles. The SMILES string of the molecule is CCCOc1ccc(C(=O)Oc2ccc3c(c2)OC(N)=C(C#N)C3c2ccc(OC)cc2OC)cc1. The van der Waals surface area contributed by atoms with E-state index in [1.807, 2.05) is 13.0 Å². The predicted octanol–water partition coefficient (Wildman–Crippen LogP) is 4.93. The van der Waals surface area contributed by atoms with Crippen LogP contribution in [0.5, 0.6) is 28.7 Å². The monoisotopic (exact) mass is 486 g/mol. The van der Waals surface area contributed by atoms with Crippen LogP contribution in [0, 0.1) is 11.3 Å². The fraction of sp³-hybridized carbons (Fsp3) is 0.214. The molecule has 0 amide bonds. The number of benzene rings is 3. The molecule has 1 aliphatic rings. The van der Waals surface area contributed by atoms with Crippen molar-refractivity contribution in [3.63, 3.8) is 0 Å². The third kappa shape index (κ3) is 4.91. The van der Waals surface area contributed by atoms with Crippen LogP contribution < -0.4 is 29.4 Å². The Hall–Kier alpha value is -4.64. The Morgan fingerprint density at radius 1 is 0.972 bits per heavy atom. The zero-order chi connectivity index (χ0) is 25.7. The fourth-order valence-corrected chi connectivity index (χ4v) is 3.95. The molecule has 36 heavy (non-hydrogen) atoms. The van der Waals surface area contributed by atoms with Crippen molar-refractivity contribution in [1.29, 1.82) is 5.26 Å². The minimum atomic E-state index is -0.542. The number of ether oxygens (including phenoxy) is 5. The van der Waals surface area contributed by atoms with E-state index in [0.717, 1.165) is 12.0 Å². The number of rotatable bonds is 8. The normalized spacial score (nSPS) is 14.2. The van der Waals surface area contributed by atoms with Crippen molar-refractivity contribution in [3.05, 3.63) is 88.8 Å². The average molecular weight is 487 g/mol. The number of carbonyl (C=O) groups excluding carboxylic acids is 1. The van der Waals surface area contributed by atoms with Crippen molar-refractivity contribution in [1.82, 2.24) is 0 Å². The molecule has 3 aromatic carbocycles. The lowest BCUT2D eigenvalue weighted by Crippen LogP contribution is -2.21. The van der Waals surface area contributed by atoms with Gasteiger partial charge in [0.15, 0.2) is 0 Å². The molecule has 1 heterocycles. The molecular weight excluding hydrogens is 460 g/mol. The summed E-state index contributed by atoms with van der Waals surface area (Å²) in [5.41, 5.74) is 8.15. The molecule has 4 rings (SSSR count). The molecule has 0 bridgehead atoms. The van der Waals surface area contributed by atoms with Gasteiger partial charge in [0.2, 0.25) is 5.88 Å². The standard InChI is InChI=1S/C28H26N2O6/c1-4-13-34-18-7-5-17(6-8-18)28(31)35-20-10-12-22-25(15-20)36-27(30)23(16-29)26(22)21-11-9-19(32-2)14-24(21)33-3/h5-12,14-15,26H,4,13,30H2,1-3H3. The van der Waals surface area contributed by atoms with E-state index in [1.54, 1.807) is 68.8 Å². The molecule has 184 valence electrons. The molecule has 1 atom stereocenters. The van der Waals surface area contributed by atoms with Crippen LogP contribution in [0.25, 0.3) is 0 Å². The number of esters is 1. The van der Waals surface area contributed by atoms with Crippen molar-refractivity contribution in [3.8, 4) is 34.8 Å². The summed E-state index contributed by atoms with van der Waals surface area (Å²) in [6.07, 6.45) is 0.895. The number of hydrogen-bond acceptors (Lipinski definition) is 8. The zero-order valence-corrected chi connectivity index (χ0v) is 20.2. The zero-order valence-electron chi connectivity index (χ0n) is 20.2. The third-order valence-corrected chi connectivity index (χ3v) is 5.72. The second kappa shape index (κ2) is 10.7. The molecule has 8 heteroatoms. The lowest BCUT2D eigenvalue weighted by Gasteiger charge is -2.27. The first-order valence-electron chi connectivity index (χ1n) is 11.4. The maximum atomic E-state index is 12.7. The van der Waals surface area contributed by atoms with Gasteiger partial charge in [-0.3, -0.25) is 0 Å². The molecule has 8 nitrogen and oxygen atoms in total. The molecule has 1 unspecified atom stereocenters. The van der Waals surface area contributed by atoms with E-state index in [1.165, 1.54) is 0 Å². The van der Waals surface area contributed by atoms with Gasteiger partial charge in [0.25, 0.3) is 0 Å². The van der Waals surface area contributed by atoms with Gasteiger partial charge < -0.3 is 29.4 Å². The van der Waals surface area contributed by atoms with Crippen LogP contribution in [0.1, 0.15) is 40.7 Å². The summed E-state index contributed by atoms with van der Waals surface area (Å²) >= 11 is 0. The number of carbonyl (C=O) groups is 1. The highest BCUT2D eigenvalue weighted by Gasteiger charge is 2.33. The highest BCUT2D eigenvalue weighted by molar-refractivity contribution is 5.91. The second-order valence-corrected chi connectivity index (χ2v) is 7.99. The Bertz CT molecular complexity index is 1340. The molecule has 1 aliphatic heterocycles. The quantitative estimate of drug-likeness (QED) is 0.352. The van der Waals surface area contributed by atoms with Gasteiger partial charge in [-0.1, -0.05) is 19.1 Å². The van der Waals surface area contributed by atoms with Gasteiger partial charge in [-0.15, -0.1) is 0 Å². The highest BCUT2D eigenvalue weighted by Crippen LogP contribution is 2.46. The molecule has 0 saturated carbocycles. The van der Waals surface area contributed by atoms with E-state index in [9.17, 15) is 10.1 Å². The van der Waals surface area contributed by atoms with Crippen LogP contribution in [0.3, 0.4) is 0 Å². The van der Waals surface area contributed by atoms with Crippen LogP contribution in [0.2, 0.25) is 0 Å². The Morgan fingerprint density at radius 3 is 2.33 bits per heavy atom. The first-order valence-corrected chi connectivity index (χ1v) is 11.4. The lowest BCUT2D eigenvalue weighted by molar-refractivity contribution is 0.0734. The Balaban J connectivity index is 1.63. The van der Waals surface area contributed by atoms with E-state index in [0.29, 0.717) is 40.7 Å². The summed E-state index contributed by atoms with van der Waals surface area (Å²) < 4.78 is 27.7. The van der Waals surface area contributed by atoms with Gasteiger partial charge in [-0.2, -0.15) is 5.26 Å². The van der Waals surface area contributed by atoms with E-state index in [4.69, 9.17) is 29.4 Å². The van der Waals surface area contributed by atoms with Crippen molar-refractivity contribution in [2.75, 3.05) is 20.8 Å². The summed E-state index contributed by atoms with van der Waals surface area (Å²) in [6, 6.07) is 19.2. The molecule has 0 aromatic heterocycles. The fourth-order valence-electron chi connectivity index (χ4n) is 3.95. The lowest BCUT2D eigenvalue weighted by atomic mass is 9.83. The van der Waals surface area contributed by atoms with Gasteiger partial charge in [0.05, 0.1) is 32.3 Å². The van der Waals surface area contributed by atoms with E-state index < -0.39 is 11.9 Å². The van der Waals surface area contributed by atoms with Gasteiger partial charge >= 0.3 is 5.97 Å². The summed E-state index contributed by atoms with van der Waals surface area (Å²) in [5.74, 6) is 1.40. The Labute approximate surface area is 209 Å². The first-order chi connectivity index (χ1) is 17.5. The van der Waals surface area contributed by atoms with Gasteiger partial charge in [0, 0.05) is 23.3 Å². The van der Waals surface area contributed by atoms with E-state index in [2.05, 4.69) is 6.07 Å². The summed E-state index contributed by atoms with van der Waals surface area (Å²) in [6.45, 7) is 2.63. The maximum Gasteiger partial charge on any atom is 0.343 e. The number of nitriles is 1. The molecule has 0 radical (unpaired) electrons. The van der Waals surface area contributed by atoms with Gasteiger partial charge in [-0.05, 0) is 42.8 Å². The van der Waals surface area contributed by atoms with Gasteiger partial charge in [0.1, 0.15) is 40.4 Å². The van der Waals surface area contributed by atoms with Gasteiger partial charge in [-0.25, -0.2) is 4.79 Å². The number of nitrogens with two attached hydrogens (primary N) is 1. The summed E-state index contributed by atoms with van der Waals surface area (Å²) in [7, 11) is 3.11. The number of hydrogen-bond donors (Lipinski definition) is 1. The number of nitrogens with zero attached hydrogens (tertiary/aromatic N) is 1. The van der Waals surface area contributed by atoms with Crippen molar-refractivity contribution in [2.24, 2.45) is 5.73 Å². The molecule has 0 spiro atoms. The predicted molar refractivity (Wildman–Crippen MR) is 132 cm³/mol. The summed E-state index contributed by atoms with van der Waals surface area (Å²) in [5, 5.41) is 9.84. The van der Waals surface area contributed by atoms with E-state index in [-0.39, 0.29) is 17.2 Å². The number of allylic oxidation sites excluding steroid dienone is 1. The number of methoxy groups -OCH3 is 2. The van der Waals surface area contributed by atoms with Crippen LogP contribution in [-0.4, -0.2) is 26.8 Å². The highest BCUT2D eigenvalue weighted by atomic mass is 16.5. The smallest absolute Gasteiger partial charge is 0.343 e. The van der Waals surface area contributed by atoms with Crippen molar-refractivity contribution >= 4 is 5.97 Å². The van der Waals surface area contributed by atoms with Crippen LogP contribution >= 0.6 is 0 Å². The summed E-state index contributed by atoms with van der Waals surface area (Å²) in [4.78, 5) is 12.7. The third-order valence-electron chi connectivity index (χ3n) is 5.72. The topological polar surface area (TPSA) is 113 Å². The Morgan fingerprint density at radius 2 is 1.67 bits per heavy atom.